The van der Waals surface area contributed by atoms with Crippen molar-refractivity contribution in [1.29, 1.82) is 0 Å². The molecule has 0 aliphatic rings. The van der Waals surface area contributed by atoms with Crippen molar-refractivity contribution in [2.24, 2.45) is 0 Å². The minimum atomic E-state index is 0.804. The molecule has 0 N–H and O–H groups in total. The normalized spacial score (nSPS) is 10.1. The summed E-state index contributed by atoms with van der Waals surface area (Å²) in [6, 6.07) is 5.68. The first-order valence-corrected chi connectivity index (χ1v) is 3.96. The number of pyridine rings is 1. The zero-order valence-electron chi connectivity index (χ0n) is 6.25. The minimum Gasteiger partial charge on any atom is -0.237 e. The fraction of sp³-hybridized carbons (Fsp3) is 0. The highest BCUT2D eigenvalue weighted by atomic mass is 32.1. The molecule has 0 fully saturated rings. The summed E-state index contributed by atoms with van der Waals surface area (Å²) < 4.78 is 1.68. The second-order valence-electron chi connectivity index (χ2n) is 2.33. The average Bonchev–Trinajstić information content (AvgIpc) is 2.54. The van der Waals surface area contributed by atoms with Gasteiger partial charge in [-0.1, -0.05) is 6.07 Å². The third-order valence-electron chi connectivity index (χ3n) is 1.45. The van der Waals surface area contributed by atoms with E-state index >= 15 is 0 Å². The molecule has 0 saturated carbocycles. The van der Waals surface area contributed by atoms with Crippen LogP contribution in [-0.2, 0) is 0 Å². The van der Waals surface area contributed by atoms with Crippen LogP contribution in [-0.4, -0.2) is 14.8 Å². The summed E-state index contributed by atoms with van der Waals surface area (Å²) in [4.78, 5) is 4.96. The number of aromatic nitrogens is 3. The van der Waals surface area contributed by atoms with Gasteiger partial charge in [-0.05, 0) is 12.1 Å². The standard InChI is InChI=1S/C8H7N3S/c12-7-5-10-11(6-7)8-3-1-2-4-9-8/h1-6,12H. The van der Waals surface area contributed by atoms with Crippen LogP contribution in [0.3, 0.4) is 0 Å². The van der Waals surface area contributed by atoms with Crippen molar-refractivity contribution in [3.05, 3.63) is 36.8 Å². The summed E-state index contributed by atoms with van der Waals surface area (Å²) in [6.07, 6.45) is 5.22. The molecule has 0 aliphatic heterocycles. The molecule has 0 aliphatic carbocycles. The molecule has 0 atom stereocenters. The number of hydrogen-bond donors (Lipinski definition) is 1. The van der Waals surface area contributed by atoms with E-state index in [1.54, 1.807) is 17.1 Å². The second kappa shape index (κ2) is 2.98. The van der Waals surface area contributed by atoms with Gasteiger partial charge in [0.15, 0.2) is 5.82 Å². The molecule has 0 bridgehead atoms. The number of hydrogen-bond acceptors (Lipinski definition) is 3. The van der Waals surface area contributed by atoms with E-state index in [0.29, 0.717) is 0 Å². The van der Waals surface area contributed by atoms with Gasteiger partial charge in [0.05, 0.1) is 6.20 Å². The van der Waals surface area contributed by atoms with E-state index in [9.17, 15) is 0 Å². The lowest BCUT2D eigenvalue weighted by atomic mass is 10.5. The first-order chi connectivity index (χ1) is 5.86. The highest BCUT2D eigenvalue weighted by Gasteiger charge is 1.96. The molecule has 2 aromatic rings. The van der Waals surface area contributed by atoms with Crippen LogP contribution >= 0.6 is 12.6 Å². The Bertz CT molecular complexity index is 369. The van der Waals surface area contributed by atoms with Gasteiger partial charge in [-0.25, -0.2) is 9.67 Å². The molecule has 3 nitrogen and oxygen atoms in total. The van der Waals surface area contributed by atoms with Crippen molar-refractivity contribution in [3.8, 4) is 5.82 Å². The maximum absolute atomic E-state index is 4.14. The van der Waals surface area contributed by atoms with Crippen molar-refractivity contribution >= 4 is 12.6 Å². The highest BCUT2D eigenvalue weighted by Crippen LogP contribution is 2.06. The molecule has 0 saturated heterocycles. The maximum atomic E-state index is 4.14. The van der Waals surface area contributed by atoms with Gasteiger partial charge in [-0.15, -0.1) is 12.6 Å². The van der Waals surface area contributed by atoms with E-state index in [2.05, 4.69) is 22.7 Å². The maximum Gasteiger partial charge on any atom is 0.153 e. The van der Waals surface area contributed by atoms with E-state index in [0.717, 1.165) is 10.7 Å². The predicted molar refractivity (Wildman–Crippen MR) is 48.6 cm³/mol. The lowest BCUT2D eigenvalue weighted by Crippen LogP contribution is -1.95. The van der Waals surface area contributed by atoms with Gasteiger partial charge in [0.25, 0.3) is 0 Å². The molecule has 2 aromatic heterocycles. The molecule has 0 aromatic carbocycles. The monoisotopic (exact) mass is 177 g/mol. The van der Waals surface area contributed by atoms with Crippen LogP contribution in [0.4, 0.5) is 0 Å². The second-order valence-corrected chi connectivity index (χ2v) is 2.85. The highest BCUT2D eigenvalue weighted by molar-refractivity contribution is 7.80. The fourth-order valence-corrected chi connectivity index (χ4v) is 1.09. The van der Waals surface area contributed by atoms with Crippen molar-refractivity contribution in [3.63, 3.8) is 0 Å². The summed E-state index contributed by atoms with van der Waals surface area (Å²) in [5, 5.41) is 4.06. The van der Waals surface area contributed by atoms with Gasteiger partial charge in [0.2, 0.25) is 0 Å². The molecular formula is C8H7N3S. The third-order valence-corrected chi connectivity index (χ3v) is 1.68. The van der Waals surface area contributed by atoms with E-state index < -0.39 is 0 Å². The Morgan fingerprint density at radius 1 is 1.33 bits per heavy atom. The number of thiol groups is 1. The van der Waals surface area contributed by atoms with Crippen LogP contribution in [0.5, 0.6) is 0 Å². The quantitative estimate of drug-likeness (QED) is 0.670. The summed E-state index contributed by atoms with van der Waals surface area (Å²) in [6.45, 7) is 0. The van der Waals surface area contributed by atoms with Crippen molar-refractivity contribution < 1.29 is 0 Å². The molecule has 0 unspecified atom stereocenters. The summed E-state index contributed by atoms with van der Waals surface area (Å²) in [7, 11) is 0. The van der Waals surface area contributed by atoms with Crippen molar-refractivity contribution in [2.75, 3.05) is 0 Å². The Morgan fingerprint density at radius 2 is 2.25 bits per heavy atom. The molecule has 0 spiro atoms. The van der Waals surface area contributed by atoms with Gasteiger partial charge in [-0.3, -0.25) is 0 Å². The molecular weight excluding hydrogens is 170 g/mol. The van der Waals surface area contributed by atoms with E-state index in [-0.39, 0.29) is 0 Å². The Balaban J connectivity index is 2.45. The third kappa shape index (κ3) is 1.33. The predicted octanol–water partition coefficient (Wildman–Crippen LogP) is 1.56. The molecule has 2 heterocycles. The summed E-state index contributed by atoms with van der Waals surface area (Å²) >= 11 is 4.14. The largest absolute Gasteiger partial charge is 0.237 e. The van der Waals surface area contributed by atoms with E-state index in [4.69, 9.17) is 0 Å². The molecule has 4 heteroatoms. The Kier molecular flexibility index (Phi) is 1.83. The zero-order chi connectivity index (χ0) is 8.39. The molecule has 0 amide bonds. The first-order valence-electron chi connectivity index (χ1n) is 3.51. The van der Waals surface area contributed by atoms with Crippen LogP contribution in [0.2, 0.25) is 0 Å². The summed E-state index contributed by atoms with van der Waals surface area (Å²) in [5.74, 6) is 0.804. The lowest BCUT2D eigenvalue weighted by molar-refractivity contribution is 0.846. The first kappa shape index (κ1) is 7.36. The molecule has 0 radical (unpaired) electrons. The average molecular weight is 177 g/mol. The van der Waals surface area contributed by atoms with Crippen molar-refractivity contribution in [1.82, 2.24) is 14.8 Å². The SMILES string of the molecule is Sc1cnn(-c2ccccn2)c1. The Hall–Kier alpha value is -1.29. The van der Waals surface area contributed by atoms with Crippen LogP contribution in [0, 0.1) is 0 Å². The van der Waals surface area contributed by atoms with Gasteiger partial charge in [0.1, 0.15) is 0 Å². The van der Waals surface area contributed by atoms with Gasteiger partial charge >= 0.3 is 0 Å². The van der Waals surface area contributed by atoms with E-state index in [1.165, 1.54) is 0 Å². The Labute approximate surface area is 75.5 Å². The fourth-order valence-electron chi connectivity index (χ4n) is 0.928. The van der Waals surface area contributed by atoms with Crippen LogP contribution in [0.15, 0.2) is 41.7 Å². The zero-order valence-corrected chi connectivity index (χ0v) is 7.15. The lowest BCUT2D eigenvalue weighted by Gasteiger charge is -1.96. The summed E-state index contributed by atoms with van der Waals surface area (Å²) in [5.41, 5.74) is 0. The van der Waals surface area contributed by atoms with Crippen LogP contribution < -0.4 is 0 Å². The topological polar surface area (TPSA) is 30.7 Å². The van der Waals surface area contributed by atoms with Gasteiger partial charge in [-0.2, -0.15) is 5.10 Å². The van der Waals surface area contributed by atoms with Crippen LogP contribution in [0.25, 0.3) is 5.82 Å². The van der Waals surface area contributed by atoms with Crippen LogP contribution in [0.1, 0.15) is 0 Å². The van der Waals surface area contributed by atoms with Crippen molar-refractivity contribution in [2.45, 2.75) is 4.90 Å². The Morgan fingerprint density at radius 3 is 2.83 bits per heavy atom. The van der Waals surface area contributed by atoms with Gasteiger partial charge in [0, 0.05) is 17.3 Å². The molecule has 2 rings (SSSR count). The van der Waals surface area contributed by atoms with Gasteiger partial charge < -0.3 is 0 Å². The molecule has 60 valence electrons. The van der Waals surface area contributed by atoms with E-state index in [1.807, 2.05) is 24.4 Å². The smallest absolute Gasteiger partial charge is 0.153 e. The number of nitrogens with zero attached hydrogens (tertiary/aromatic N) is 3. The number of rotatable bonds is 1. The minimum absolute atomic E-state index is 0.804. The molecule has 12 heavy (non-hydrogen) atoms.